The number of hydrogen-bond donors (Lipinski definition) is 0. The molecule has 0 radical (unpaired) electrons. The van der Waals surface area contributed by atoms with Gasteiger partial charge in [-0.15, -0.1) is 0 Å². The van der Waals surface area contributed by atoms with Crippen LogP contribution in [0.2, 0.25) is 0 Å². The fraction of sp³-hybridized carbons (Fsp3) is 0.625. The zero-order chi connectivity index (χ0) is 13.1. The van der Waals surface area contributed by atoms with Gasteiger partial charge in [-0.25, -0.2) is 0 Å². The number of rotatable bonds is 10. The van der Waals surface area contributed by atoms with Crippen LogP contribution in [-0.4, -0.2) is 6.61 Å². The van der Waals surface area contributed by atoms with Crippen LogP contribution in [0.3, 0.4) is 0 Å². The van der Waals surface area contributed by atoms with Gasteiger partial charge in [0.2, 0.25) is 0 Å². The maximum Gasteiger partial charge on any atom is 0.132 e. The quantitative estimate of drug-likeness (QED) is 0.378. The van der Waals surface area contributed by atoms with Crippen molar-refractivity contribution in [2.24, 2.45) is 0 Å². The summed E-state index contributed by atoms with van der Waals surface area (Å²) in [6.45, 7) is 3.12. The molecule has 0 aliphatic carbocycles. The van der Waals surface area contributed by atoms with E-state index in [-0.39, 0.29) is 0 Å². The first-order chi connectivity index (χ1) is 8.84. The number of halogens is 1. The molecule has 0 bridgehead atoms. The second kappa shape index (κ2) is 10.7. The van der Waals surface area contributed by atoms with Crippen molar-refractivity contribution >= 4 is 22.6 Å². The highest BCUT2D eigenvalue weighted by Crippen LogP contribution is 2.20. The summed E-state index contributed by atoms with van der Waals surface area (Å²) in [5.41, 5.74) is 0. The summed E-state index contributed by atoms with van der Waals surface area (Å²) in [6, 6.07) is 8.21. The first kappa shape index (κ1) is 15.8. The van der Waals surface area contributed by atoms with Crippen molar-refractivity contribution in [3.05, 3.63) is 27.8 Å². The first-order valence-electron chi connectivity index (χ1n) is 7.22. The Morgan fingerprint density at radius 3 is 2.17 bits per heavy atom. The molecule has 1 aromatic carbocycles. The van der Waals surface area contributed by atoms with Crippen molar-refractivity contribution in [1.82, 2.24) is 0 Å². The monoisotopic (exact) mass is 360 g/mol. The van der Waals surface area contributed by atoms with Crippen LogP contribution in [0.15, 0.2) is 24.3 Å². The highest BCUT2D eigenvalue weighted by atomic mass is 127. The standard InChI is InChI=1S/C16H25IO/c1-2-3-4-5-6-7-8-11-14-18-16-13-10-9-12-15(16)17/h9-10,12-13H,2-8,11,14H2,1H3. The van der Waals surface area contributed by atoms with Gasteiger partial charge in [-0.2, -0.15) is 0 Å². The summed E-state index contributed by atoms with van der Waals surface area (Å²) in [4.78, 5) is 0. The largest absolute Gasteiger partial charge is 0.492 e. The predicted molar refractivity (Wildman–Crippen MR) is 87.3 cm³/mol. The highest BCUT2D eigenvalue weighted by Gasteiger charge is 1.98. The number of hydrogen-bond acceptors (Lipinski definition) is 1. The molecule has 18 heavy (non-hydrogen) atoms. The zero-order valence-electron chi connectivity index (χ0n) is 11.5. The summed E-state index contributed by atoms with van der Waals surface area (Å²) < 4.78 is 6.98. The van der Waals surface area contributed by atoms with Gasteiger partial charge < -0.3 is 4.74 Å². The lowest BCUT2D eigenvalue weighted by atomic mass is 10.1. The lowest BCUT2D eigenvalue weighted by molar-refractivity contribution is 0.302. The minimum Gasteiger partial charge on any atom is -0.492 e. The highest BCUT2D eigenvalue weighted by molar-refractivity contribution is 14.1. The van der Waals surface area contributed by atoms with Crippen LogP contribution in [-0.2, 0) is 0 Å². The number of para-hydroxylation sites is 1. The van der Waals surface area contributed by atoms with Crippen molar-refractivity contribution in [1.29, 1.82) is 0 Å². The molecule has 0 aliphatic heterocycles. The SMILES string of the molecule is CCCCCCCCCCOc1ccccc1I. The van der Waals surface area contributed by atoms with E-state index >= 15 is 0 Å². The smallest absolute Gasteiger partial charge is 0.132 e. The summed E-state index contributed by atoms with van der Waals surface area (Å²) in [5, 5.41) is 0. The molecular weight excluding hydrogens is 335 g/mol. The predicted octanol–water partition coefficient (Wildman–Crippen LogP) is 5.81. The Hall–Kier alpha value is -0.250. The molecule has 0 unspecified atom stereocenters. The fourth-order valence-corrected chi connectivity index (χ4v) is 2.52. The number of benzene rings is 1. The van der Waals surface area contributed by atoms with Crippen LogP contribution in [0.5, 0.6) is 5.75 Å². The molecule has 0 spiro atoms. The minimum absolute atomic E-state index is 0.856. The molecule has 0 aromatic heterocycles. The lowest BCUT2D eigenvalue weighted by Crippen LogP contribution is -1.98. The second-order valence-electron chi connectivity index (χ2n) is 4.75. The molecule has 2 heteroatoms. The van der Waals surface area contributed by atoms with Crippen molar-refractivity contribution in [3.8, 4) is 5.75 Å². The molecular formula is C16H25IO. The third-order valence-corrected chi connectivity index (χ3v) is 3.98. The van der Waals surface area contributed by atoms with E-state index in [4.69, 9.17) is 4.74 Å². The molecule has 0 aliphatic rings. The maximum absolute atomic E-state index is 5.77. The van der Waals surface area contributed by atoms with Gasteiger partial charge in [0.05, 0.1) is 10.2 Å². The summed E-state index contributed by atoms with van der Waals surface area (Å²) in [6.07, 6.45) is 10.8. The molecule has 0 N–H and O–H groups in total. The summed E-state index contributed by atoms with van der Waals surface area (Å²) >= 11 is 2.32. The van der Waals surface area contributed by atoms with E-state index in [1.165, 1.54) is 54.9 Å². The van der Waals surface area contributed by atoms with Crippen molar-refractivity contribution < 1.29 is 4.74 Å². The molecule has 0 saturated heterocycles. The number of unbranched alkanes of at least 4 members (excludes halogenated alkanes) is 7. The maximum atomic E-state index is 5.77. The second-order valence-corrected chi connectivity index (χ2v) is 5.92. The molecule has 0 fully saturated rings. The van der Waals surface area contributed by atoms with E-state index in [9.17, 15) is 0 Å². The Morgan fingerprint density at radius 1 is 0.889 bits per heavy atom. The van der Waals surface area contributed by atoms with Crippen LogP contribution in [0.4, 0.5) is 0 Å². The topological polar surface area (TPSA) is 9.23 Å². The normalized spacial score (nSPS) is 10.6. The molecule has 0 amide bonds. The van der Waals surface area contributed by atoms with E-state index in [1.54, 1.807) is 0 Å². The third kappa shape index (κ3) is 7.24. The minimum atomic E-state index is 0.856. The Balaban J connectivity index is 1.94. The summed E-state index contributed by atoms with van der Waals surface area (Å²) in [5.74, 6) is 1.03. The third-order valence-electron chi connectivity index (χ3n) is 3.09. The molecule has 1 aromatic rings. The van der Waals surface area contributed by atoms with Crippen LogP contribution in [0.25, 0.3) is 0 Å². The van der Waals surface area contributed by atoms with Crippen molar-refractivity contribution in [2.75, 3.05) is 6.61 Å². The molecule has 0 saturated carbocycles. The van der Waals surface area contributed by atoms with E-state index in [2.05, 4.69) is 35.6 Å². The number of ether oxygens (including phenoxy) is 1. The van der Waals surface area contributed by atoms with Gasteiger partial charge in [0.15, 0.2) is 0 Å². The Bertz CT molecular complexity index is 312. The molecule has 1 nitrogen and oxygen atoms in total. The van der Waals surface area contributed by atoms with Crippen molar-refractivity contribution in [2.45, 2.75) is 58.3 Å². The van der Waals surface area contributed by atoms with Crippen molar-refractivity contribution in [3.63, 3.8) is 0 Å². The molecule has 0 atom stereocenters. The molecule has 0 heterocycles. The van der Waals surface area contributed by atoms with Gasteiger partial charge in [-0.05, 0) is 41.1 Å². The zero-order valence-corrected chi connectivity index (χ0v) is 13.6. The van der Waals surface area contributed by atoms with Gasteiger partial charge in [0.1, 0.15) is 5.75 Å². The Labute approximate surface area is 125 Å². The average molecular weight is 360 g/mol. The Kier molecular flexibility index (Phi) is 9.35. The van der Waals surface area contributed by atoms with Gasteiger partial charge in [-0.3, -0.25) is 0 Å². The van der Waals surface area contributed by atoms with Crippen LogP contribution in [0, 0.1) is 3.57 Å². The van der Waals surface area contributed by atoms with Crippen LogP contribution in [0.1, 0.15) is 58.3 Å². The van der Waals surface area contributed by atoms with E-state index in [0.717, 1.165) is 12.4 Å². The molecule has 102 valence electrons. The van der Waals surface area contributed by atoms with Gasteiger partial charge in [-0.1, -0.05) is 64.0 Å². The van der Waals surface area contributed by atoms with E-state index < -0.39 is 0 Å². The van der Waals surface area contributed by atoms with E-state index in [0.29, 0.717) is 0 Å². The molecule has 1 rings (SSSR count). The van der Waals surface area contributed by atoms with Gasteiger partial charge in [0.25, 0.3) is 0 Å². The summed E-state index contributed by atoms with van der Waals surface area (Å²) in [7, 11) is 0. The lowest BCUT2D eigenvalue weighted by Gasteiger charge is -2.07. The van der Waals surface area contributed by atoms with Crippen LogP contribution < -0.4 is 4.74 Å². The van der Waals surface area contributed by atoms with Gasteiger partial charge >= 0.3 is 0 Å². The van der Waals surface area contributed by atoms with Crippen LogP contribution >= 0.6 is 22.6 Å². The fourth-order valence-electron chi connectivity index (χ4n) is 1.98. The van der Waals surface area contributed by atoms with E-state index in [1.807, 2.05) is 18.2 Å². The first-order valence-corrected chi connectivity index (χ1v) is 8.29. The van der Waals surface area contributed by atoms with Gasteiger partial charge in [0, 0.05) is 0 Å². The average Bonchev–Trinajstić information content (AvgIpc) is 2.39. The Morgan fingerprint density at radius 2 is 1.50 bits per heavy atom.